The fourth-order valence-electron chi connectivity index (χ4n) is 1.38. The Morgan fingerprint density at radius 2 is 2.31 bits per heavy atom. The molecule has 0 spiro atoms. The molecule has 0 aromatic carbocycles. The molecule has 0 atom stereocenters. The van der Waals surface area contributed by atoms with E-state index in [1.807, 2.05) is 7.05 Å². The second kappa shape index (κ2) is 5.27. The molecule has 0 aliphatic carbocycles. The quantitative estimate of drug-likeness (QED) is 0.785. The van der Waals surface area contributed by atoms with Crippen LogP contribution in [0.25, 0.3) is 0 Å². The summed E-state index contributed by atoms with van der Waals surface area (Å²) in [6, 6.07) is 2.11. The smallest absolute Gasteiger partial charge is 0.147 e. The lowest BCUT2D eigenvalue weighted by Crippen LogP contribution is -2.17. The van der Waals surface area contributed by atoms with Gasteiger partial charge in [-0.25, -0.2) is 4.98 Å². The fraction of sp³-hybridized carbons (Fsp3) is 0.273. The Hall–Kier alpha value is -1.13. The van der Waals surface area contributed by atoms with Crippen LogP contribution in [-0.4, -0.2) is 17.0 Å². The standard InChI is InChI=1S/C11H12ClN3S/c1-15(7-9-2-3-16-8-9)11-6-13-5-10(4-12)14-11/h2-3,5-6,8H,4,7H2,1H3. The molecule has 0 saturated carbocycles. The van der Waals surface area contributed by atoms with Crippen molar-refractivity contribution >= 4 is 28.8 Å². The van der Waals surface area contributed by atoms with Gasteiger partial charge in [0, 0.05) is 19.8 Å². The Morgan fingerprint density at radius 3 is 3.00 bits per heavy atom. The lowest BCUT2D eigenvalue weighted by molar-refractivity contribution is 0.883. The van der Waals surface area contributed by atoms with Crippen molar-refractivity contribution in [3.8, 4) is 0 Å². The van der Waals surface area contributed by atoms with Crippen LogP contribution in [0.1, 0.15) is 11.3 Å². The Bertz CT molecular complexity index is 444. The molecule has 2 rings (SSSR count). The fourth-order valence-corrected chi connectivity index (χ4v) is 2.17. The lowest BCUT2D eigenvalue weighted by Gasteiger charge is -2.17. The highest BCUT2D eigenvalue weighted by Crippen LogP contribution is 2.14. The van der Waals surface area contributed by atoms with Gasteiger partial charge in [-0.05, 0) is 22.4 Å². The third-order valence-electron chi connectivity index (χ3n) is 2.20. The van der Waals surface area contributed by atoms with Crippen molar-refractivity contribution in [1.82, 2.24) is 9.97 Å². The number of nitrogens with zero attached hydrogens (tertiary/aromatic N) is 3. The van der Waals surface area contributed by atoms with Gasteiger partial charge in [0.05, 0.1) is 17.8 Å². The van der Waals surface area contributed by atoms with Crippen LogP contribution in [0.2, 0.25) is 0 Å². The molecular formula is C11H12ClN3S. The number of anilines is 1. The lowest BCUT2D eigenvalue weighted by atomic mass is 10.3. The third-order valence-corrected chi connectivity index (χ3v) is 3.21. The summed E-state index contributed by atoms with van der Waals surface area (Å²) < 4.78 is 0. The SMILES string of the molecule is CN(Cc1ccsc1)c1cncc(CCl)n1. The Morgan fingerprint density at radius 1 is 1.44 bits per heavy atom. The van der Waals surface area contributed by atoms with E-state index in [2.05, 4.69) is 31.7 Å². The number of rotatable bonds is 4. The molecular weight excluding hydrogens is 242 g/mol. The van der Waals surface area contributed by atoms with Crippen molar-refractivity contribution in [1.29, 1.82) is 0 Å². The second-order valence-corrected chi connectivity index (χ2v) is 4.54. The van der Waals surface area contributed by atoms with Crippen LogP contribution in [0.4, 0.5) is 5.82 Å². The van der Waals surface area contributed by atoms with Crippen molar-refractivity contribution in [2.45, 2.75) is 12.4 Å². The predicted octanol–water partition coefficient (Wildman–Crippen LogP) is 2.91. The molecule has 0 aliphatic heterocycles. The van der Waals surface area contributed by atoms with Gasteiger partial charge in [0.25, 0.3) is 0 Å². The summed E-state index contributed by atoms with van der Waals surface area (Å²) in [5.41, 5.74) is 2.09. The van der Waals surface area contributed by atoms with E-state index in [4.69, 9.17) is 11.6 Å². The first-order valence-corrected chi connectivity index (χ1v) is 6.36. The van der Waals surface area contributed by atoms with Crippen LogP contribution in [0.3, 0.4) is 0 Å². The molecule has 0 bridgehead atoms. The number of hydrogen-bond acceptors (Lipinski definition) is 4. The normalized spacial score (nSPS) is 10.4. The maximum atomic E-state index is 5.73. The van der Waals surface area contributed by atoms with Gasteiger partial charge >= 0.3 is 0 Å². The summed E-state index contributed by atoms with van der Waals surface area (Å²) in [6.45, 7) is 0.837. The number of halogens is 1. The highest BCUT2D eigenvalue weighted by Gasteiger charge is 2.05. The molecule has 0 radical (unpaired) electrons. The molecule has 2 aromatic heterocycles. The summed E-state index contributed by atoms with van der Waals surface area (Å²) >= 11 is 7.43. The molecule has 0 N–H and O–H groups in total. The average molecular weight is 254 g/mol. The van der Waals surface area contributed by atoms with E-state index in [0.29, 0.717) is 5.88 Å². The first-order valence-electron chi connectivity index (χ1n) is 4.88. The van der Waals surface area contributed by atoms with E-state index in [9.17, 15) is 0 Å². The minimum Gasteiger partial charge on any atom is -0.354 e. The van der Waals surface area contributed by atoms with E-state index in [-0.39, 0.29) is 0 Å². The van der Waals surface area contributed by atoms with Gasteiger partial charge in [-0.2, -0.15) is 11.3 Å². The zero-order chi connectivity index (χ0) is 11.4. The Labute approximate surface area is 104 Å². The van der Waals surface area contributed by atoms with Crippen LogP contribution in [0.15, 0.2) is 29.2 Å². The molecule has 5 heteroatoms. The Balaban J connectivity index is 2.11. The molecule has 16 heavy (non-hydrogen) atoms. The minimum absolute atomic E-state index is 0.396. The largest absolute Gasteiger partial charge is 0.354 e. The predicted molar refractivity (Wildman–Crippen MR) is 68.0 cm³/mol. The van der Waals surface area contributed by atoms with Gasteiger partial charge < -0.3 is 4.90 Å². The molecule has 2 heterocycles. The molecule has 3 nitrogen and oxygen atoms in total. The highest BCUT2D eigenvalue weighted by molar-refractivity contribution is 7.07. The van der Waals surface area contributed by atoms with E-state index in [1.54, 1.807) is 23.7 Å². The van der Waals surface area contributed by atoms with Crippen LogP contribution in [0, 0.1) is 0 Å². The molecule has 2 aromatic rings. The van der Waals surface area contributed by atoms with Gasteiger partial charge in [-0.3, -0.25) is 4.98 Å². The van der Waals surface area contributed by atoms with E-state index in [0.717, 1.165) is 18.1 Å². The highest BCUT2D eigenvalue weighted by atomic mass is 35.5. The third kappa shape index (κ3) is 2.71. The first kappa shape index (κ1) is 11.4. The number of thiophene rings is 1. The maximum absolute atomic E-state index is 5.73. The van der Waals surface area contributed by atoms with Crippen molar-refractivity contribution in [2.75, 3.05) is 11.9 Å². The van der Waals surface area contributed by atoms with Gasteiger partial charge in [-0.1, -0.05) is 0 Å². The molecule has 0 amide bonds. The monoisotopic (exact) mass is 253 g/mol. The van der Waals surface area contributed by atoms with Gasteiger partial charge in [0.1, 0.15) is 5.82 Å². The molecule has 0 unspecified atom stereocenters. The number of aromatic nitrogens is 2. The molecule has 0 saturated heterocycles. The summed E-state index contributed by atoms with van der Waals surface area (Å²) in [6.07, 6.45) is 3.44. The second-order valence-electron chi connectivity index (χ2n) is 3.49. The van der Waals surface area contributed by atoms with Crippen molar-refractivity contribution in [3.05, 3.63) is 40.5 Å². The van der Waals surface area contributed by atoms with Crippen molar-refractivity contribution < 1.29 is 0 Å². The molecule has 84 valence electrons. The molecule has 0 aliphatic rings. The summed E-state index contributed by atoms with van der Waals surface area (Å²) in [4.78, 5) is 10.6. The van der Waals surface area contributed by atoms with Gasteiger partial charge in [0.15, 0.2) is 0 Å². The molecule has 0 fully saturated rings. The van der Waals surface area contributed by atoms with E-state index < -0.39 is 0 Å². The van der Waals surface area contributed by atoms with Crippen LogP contribution < -0.4 is 4.90 Å². The zero-order valence-electron chi connectivity index (χ0n) is 8.93. The summed E-state index contributed by atoms with van der Waals surface area (Å²) in [5, 5.41) is 4.21. The minimum atomic E-state index is 0.396. The van der Waals surface area contributed by atoms with E-state index >= 15 is 0 Å². The maximum Gasteiger partial charge on any atom is 0.147 e. The van der Waals surface area contributed by atoms with E-state index in [1.165, 1.54) is 5.56 Å². The van der Waals surface area contributed by atoms with Crippen LogP contribution in [0.5, 0.6) is 0 Å². The van der Waals surface area contributed by atoms with Crippen LogP contribution >= 0.6 is 22.9 Å². The summed E-state index contributed by atoms with van der Waals surface area (Å²) in [7, 11) is 2.00. The number of alkyl halides is 1. The Kier molecular flexibility index (Phi) is 3.74. The van der Waals surface area contributed by atoms with Crippen LogP contribution in [-0.2, 0) is 12.4 Å². The average Bonchev–Trinajstić information content (AvgIpc) is 2.82. The number of hydrogen-bond donors (Lipinski definition) is 0. The van der Waals surface area contributed by atoms with Gasteiger partial charge in [-0.15, -0.1) is 11.6 Å². The topological polar surface area (TPSA) is 29.0 Å². The van der Waals surface area contributed by atoms with Crippen molar-refractivity contribution in [2.24, 2.45) is 0 Å². The first-order chi connectivity index (χ1) is 7.79. The summed E-state index contributed by atoms with van der Waals surface area (Å²) in [5.74, 6) is 1.25. The van der Waals surface area contributed by atoms with Gasteiger partial charge in [0.2, 0.25) is 0 Å². The zero-order valence-corrected chi connectivity index (χ0v) is 10.5. The van der Waals surface area contributed by atoms with Crippen molar-refractivity contribution in [3.63, 3.8) is 0 Å².